The molecule has 1 atom stereocenters. The van der Waals surface area contributed by atoms with Crippen molar-refractivity contribution < 1.29 is 9.84 Å². The van der Waals surface area contributed by atoms with Crippen molar-refractivity contribution in [3.05, 3.63) is 11.3 Å². The Morgan fingerprint density at radius 2 is 2.00 bits per heavy atom. The molecule has 0 amide bonds. The molecule has 1 spiro atoms. The smallest absolute Gasteiger partial charge is 0.102 e. The molecule has 2 nitrogen and oxygen atoms in total. The lowest BCUT2D eigenvalue weighted by Crippen LogP contribution is -2.34. The Bertz CT molecular complexity index is 300. The Morgan fingerprint density at radius 1 is 1.19 bits per heavy atom. The molecule has 2 aliphatic carbocycles. The predicted octanol–water partition coefficient (Wildman–Crippen LogP) is 3.01. The molecule has 0 radical (unpaired) electrons. The largest absolute Gasteiger partial charge is 0.497 e. The molecule has 0 aromatic rings. The number of aliphatic hydroxyl groups is 1. The third kappa shape index (κ3) is 1.42. The molecule has 3 rings (SSSR count). The summed E-state index contributed by atoms with van der Waals surface area (Å²) in [5, 5.41) is 9.65. The van der Waals surface area contributed by atoms with Crippen molar-refractivity contribution in [2.45, 2.75) is 51.4 Å². The monoisotopic (exact) mass is 222 g/mol. The van der Waals surface area contributed by atoms with Crippen molar-refractivity contribution >= 4 is 0 Å². The van der Waals surface area contributed by atoms with E-state index in [2.05, 4.69) is 0 Å². The second kappa shape index (κ2) is 4.06. The van der Waals surface area contributed by atoms with Crippen LogP contribution in [0.1, 0.15) is 51.4 Å². The van der Waals surface area contributed by atoms with Crippen LogP contribution in [0.25, 0.3) is 0 Å². The lowest BCUT2D eigenvalue weighted by atomic mass is 9.67. The Hall–Kier alpha value is -0.500. The summed E-state index contributed by atoms with van der Waals surface area (Å²) in [4.78, 5) is 0. The average Bonchev–Trinajstić information content (AvgIpc) is 2.65. The molecule has 3 aliphatic rings. The predicted molar refractivity (Wildman–Crippen MR) is 62.9 cm³/mol. The van der Waals surface area contributed by atoms with Crippen LogP contribution >= 0.6 is 0 Å². The van der Waals surface area contributed by atoms with E-state index in [1.165, 1.54) is 56.3 Å². The highest BCUT2D eigenvalue weighted by molar-refractivity contribution is 5.28. The summed E-state index contributed by atoms with van der Waals surface area (Å²) in [5.41, 5.74) is 1.77. The maximum absolute atomic E-state index is 9.65. The number of rotatable bonds is 1. The molecule has 1 N–H and O–H groups in total. The van der Waals surface area contributed by atoms with E-state index >= 15 is 0 Å². The molecular formula is C14H22O2. The molecule has 1 aliphatic heterocycles. The van der Waals surface area contributed by atoms with Crippen molar-refractivity contribution in [3.8, 4) is 0 Å². The zero-order valence-electron chi connectivity index (χ0n) is 10.0. The molecule has 0 aromatic carbocycles. The van der Waals surface area contributed by atoms with Gasteiger partial charge in [-0.3, -0.25) is 0 Å². The van der Waals surface area contributed by atoms with E-state index < -0.39 is 0 Å². The molecule has 1 saturated carbocycles. The average molecular weight is 222 g/mol. The molecule has 0 saturated heterocycles. The van der Waals surface area contributed by atoms with E-state index in [4.69, 9.17) is 4.74 Å². The summed E-state index contributed by atoms with van der Waals surface area (Å²) in [6.07, 6.45) is 9.98. The van der Waals surface area contributed by atoms with Crippen LogP contribution in [0, 0.1) is 11.3 Å². The van der Waals surface area contributed by atoms with Crippen LogP contribution in [-0.2, 0) is 4.74 Å². The SMILES string of the molecule is OCC1CC2=C(OCCC2)C12CCCCC2. The molecule has 0 bridgehead atoms. The number of hydrogen-bond donors (Lipinski definition) is 1. The van der Waals surface area contributed by atoms with Gasteiger partial charge in [0, 0.05) is 12.0 Å². The van der Waals surface area contributed by atoms with E-state index in [0.29, 0.717) is 12.5 Å². The van der Waals surface area contributed by atoms with Gasteiger partial charge in [0.15, 0.2) is 0 Å². The standard InChI is InChI=1S/C14H22O2/c15-10-12-9-11-5-4-8-16-13(11)14(12)6-2-1-3-7-14/h12,15H,1-10H2. The van der Waals surface area contributed by atoms with Gasteiger partial charge >= 0.3 is 0 Å². The molecule has 1 unspecified atom stereocenters. The zero-order chi connectivity index (χ0) is 11.0. The van der Waals surface area contributed by atoms with Gasteiger partial charge in [-0.1, -0.05) is 19.3 Å². The lowest BCUT2D eigenvalue weighted by molar-refractivity contribution is 0.0352. The second-order valence-electron chi connectivity index (χ2n) is 5.69. The topological polar surface area (TPSA) is 29.5 Å². The van der Waals surface area contributed by atoms with Gasteiger partial charge in [-0.05, 0) is 43.6 Å². The minimum Gasteiger partial charge on any atom is -0.497 e. The fourth-order valence-corrected chi connectivity index (χ4v) is 4.10. The van der Waals surface area contributed by atoms with E-state index in [9.17, 15) is 5.11 Å². The van der Waals surface area contributed by atoms with Gasteiger partial charge in [0.05, 0.1) is 6.61 Å². The summed E-state index contributed by atoms with van der Waals surface area (Å²) in [6.45, 7) is 1.25. The number of aliphatic hydroxyl groups excluding tert-OH is 1. The van der Waals surface area contributed by atoms with E-state index in [-0.39, 0.29) is 5.41 Å². The Kier molecular flexibility index (Phi) is 2.70. The van der Waals surface area contributed by atoms with Crippen LogP contribution in [-0.4, -0.2) is 18.3 Å². The number of allylic oxidation sites excluding steroid dienone is 2. The second-order valence-corrected chi connectivity index (χ2v) is 5.69. The van der Waals surface area contributed by atoms with E-state index in [0.717, 1.165) is 13.0 Å². The van der Waals surface area contributed by atoms with Crippen molar-refractivity contribution in [2.24, 2.45) is 11.3 Å². The minimum absolute atomic E-state index is 0.239. The maximum Gasteiger partial charge on any atom is 0.102 e. The number of fused-ring (bicyclic) bond motifs is 1. The number of ether oxygens (including phenoxy) is 1. The van der Waals surface area contributed by atoms with Crippen LogP contribution in [0.5, 0.6) is 0 Å². The maximum atomic E-state index is 9.65. The Morgan fingerprint density at radius 3 is 2.75 bits per heavy atom. The summed E-state index contributed by atoms with van der Waals surface area (Å²) in [5.74, 6) is 1.77. The zero-order valence-corrected chi connectivity index (χ0v) is 10.0. The molecule has 16 heavy (non-hydrogen) atoms. The minimum atomic E-state index is 0.239. The van der Waals surface area contributed by atoms with Crippen molar-refractivity contribution in [1.82, 2.24) is 0 Å². The van der Waals surface area contributed by atoms with Gasteiger partial charge in [-0.15, -0.1) is 0 Å². The summed E-state index contributed by atoms with van der Waals surface area (Å²) in [6, 6.07) is 0. The highest BCUT2D eigenvalue weighted by Gasteiger charge is 2.50. The van der Waals surface area contributed by atoms with Gasteiger partial charge in [0.2, 0.25) is 0 Å². The Labute approximate surface area is 97.7 Å². The first kappa shape index (κ1) is 10.6. The molecule has 1 fully saturated rings. The van der Waals surface area contributed by atoms with Crippen molar-refractivity contribution in [2.75, 3.05) is 13.2 Å². The summed E-state index contributed by atoms with van der Waals surface area (Å²) >= 11 is 0. The quantitative estimate of drug-likeness (QED) is 0.739. The van der Waals surface area contributed by atoms with Gasteiger partial charge in [0.1, 0.15) is 5.76 Å². The van der Waals surface area contributed by atoms with E-state index in [1.54, 1.807) is 0 Å². The molecule has 0 aromatic heterocycles. The van der Waals surface area contributed by atoms with Gasteiger partial charge in [-0.2, -0.15) is 0 Å². The lowest BCUT2D eigenvalue weighted by Gasteiger charge is -2.40. The summed E-state index contributed by atoms with van der Waals surface area (Å²) < 4.78 is 6.00. The first-order valence-corrected chi connectivity index (χ1v) is 6.83. The number of hydrogen-bond acceptors (Lipinski definition) is 2. The fraction of sp³-hybridized carbons (Fsp3) is 0.857. The third-order valence-electron chi connectivity index (χ3n) is 4.88. The van der Waals surface area contributed by atoms with E-state index in [1.807, 2.05) is 0 Å². The van der Waals surface area contributed by atoms with Gasteiger partial charge in [0.25, 0.3) is 0 Å². The summed E-state index contributed by atoms with van der Waals surface area (Å²) in [7, 11) is 0. The molecular weight excluding hydrogens is 200 g/mol. The van der Waals surface area contributed by atoms with Gasteiger partial charge in [-0.25, -0.2) is 0 Å². The van der Waals surface area contributed by atoms with Crippen LogP contribution in [0.4, 0.5) is 0 Å². The Balaban J connectivity index is 1.94. The first-order chi connectivity index (χ1) is 7.87. The first-order valence-electron chi connectivity index (χ1n) is 6.83. The van der Waals surface area contributed by atoms with Crippen LogP contribution in [0.2, 0.25) is 0 Å². The normalized spacial score (nSPS) is 32.7. The molecule has 90 valence electrons. The van der Waals surface area contributed by atoms with Crippen molar-refractivity contribution in [3.63, 3.8) is 0 Å². The molecule has 2 heteroatoms. The van der Waals surface area contributed by atoms with Gasteiger partial charge < -0.3 is 9.84 Å². The van der Waals surface area contributed by atoms with Crippen LogP contribution in [0.3, 0.4) is 0 Å². The highest BCUT2D eigenvalue weighted by Crippen LogP contribution is 2.57. The highest BCUT2D eigenvalue weighted by atomic mass is 16.5. The van der Waals surface area contributed by atoms with Crippen LogP contribution < -0.4 is 0 Å². The fourth-order valence-electron chi connectivity index (χ4n) is 4.10. The third-order valence-corrected chi connectivity index (χ3v) is 4.88. The molecule has 1 heterocycles. The van der Waals surface area contributed by atoms with Crippen LogP contribution in [0.15, 0.2) is 11.3 Å². The van der Waals surface area contributed by atoms with Crippen molar-refractivity contribution in [1.29, 1.82) is 0 Å².